The normalized spacial score (nSPS) is 16.3. The van der Waals surface area contributed by atoms with E-state index < -0.39 is 0 Å². The number of amides is 1. The second-order valence-electron chi connectivity index (χ2n) is 5.52. The molecule has 1 N–H and O–H groups in total. The molecule has 0 spiro atoms. The van der Waals surface area contributed by atoms with Crippen molar-refractivity contribution in [1.29, 1.82) is 0 Å². The molecule has 0 bridgehead atoms. The van der Waals surface area contributed by atoms with Gasteiger partial charge in [-0.25, -0.2) is 4.98 Å². The Hall–Kier alpha value is -2.50. The van der Waals surface area contributed by atoms with Gasteiger partial charge in [0.05, 0.1) is 13.7 Å². The number of oxazole rings is 1. The Labute approximate surface area is 134 Å². The van der Waals surface area contributed by atoms with E-state index >= 15 is 0 Å². The molecule has 0 fully saturated rings. The summed E-state index contributed by atoms with van der Waals surface area (Å²) in [6, 6.07) is 5.86. The molecular formula is C17H20N2O4. The first-order chi connectivity index (χ1) is 11.2. The summed E-state index contributed by atoms with van der Waals surface area (Å²) in [6.07, 6.45) is 2.79. The number of hydrogen-bond acceptors (Lipinski definition) is 5. The van der Waals surface area contributed by atoms with E-state index in [0.717, 1.165) is 23.5 Å². The summed E-state index contributed by atoms with van der Waals surface area (Å²) < 4.78 is 16.3. The molecule has 0 saturated heterocycles. The van der Waals surface area contributed by atoms with Crippen LogP contribution in [0.25, 0.3) is 0 Å². The van der Waals surface area contributed by atoms with E-state index in [2.05, 4.69) is 10.3 Å². The van der Waals surface area contributed by atoms with Crippen molar-refractivity contribution in [3.8, 4) is 11.5 Å². The first-order valence-corrected chi connectivity index (χ1v) is 7.72. The number of rotatable bonds is 5. The van der Waals surface area contributed by atoms with Crippen molar-refractivity contribution < 1.29 is 18.7 Å². The fraction of sp³-hybridized carbons (Fsp3) is 0.412. The maximum absolute atomic E-state index is 12.2. The molecule has 1 aromatic carbocycles. The lowest BCUT2D eigenvalue weighted by Crippen LogP contribution is -2.35. The number of aromatic nitrogens is 1. The molecule has 0 radical (unpaired) electrons. The SMILES string of the molecule is CCc1ocnc1C(=O)NC[C@@H]1COc2c(cccc2OC)C1. The van der Waals surface area contributed by atoms with Crippen LogP contribution in [0.1, 0.15) is 28.7 Å². The molecule has 0 aliphatic carbocycles. The standard InChI is InChI=1S/C17H20N2O4/c1-3-13-15(19-10-23-13)17(20)18-8-11-7-12-5-4-6-14(21-2)16(12)22-9-11/h4-6,10-11H,3,7-9H2,1-2H3,(H,18,20)/t11-/m1/s1. The van der Waals surface area contributed by atoms with E-state index in [0.29, 0.717) is 31.0 Å². The molecule has 3 rings (SSSR count). The highest BCUT2D eigenvalue weighted by atomic mass is 16.5. The smallest absolute Gasteiger partial charge is 0.273 e. The molecular weight excluding hydrogens is 296 g/mol. The summed E-state index contributed by atoms with van der Waals surface area (Å²) in [4.78, 5) is 16.2. The van der Waals surface area contributed by atoms with Gasteiger partial charge >= 0.3 is 0 Å². The van der Waals surface area contributed by atoms with Gasteiger partial charge in [-0.05, 0) is 18.1 Å². The lowest BCUT2D eigenvalue weighted by molar-refractivity contribution is 0.0932. The molecule has 1 aliphatic rings. The number of fused-ring (bicyclic) bond motifs is 1. The molecule has 0 unspecified atom stereocenters. The van der Waals surface area contributed by atoms with Crippen LogP contribution in [0.4, 0.5) is 0 Å². The molecule has 1 aromatic heterocycles. The minimum atomic E-state index is -0.202. The predicted octanol–water partition coefficient (Wildman–Crippen LogP) is 2.23. The number of carbonyl (C=O) groups is 1. The third kappa shape index (κ3) is 3.16. The van der Waals surface area contributed by atoms with E-state index in [1.165, 1.54) is 6.39 Å². The van der Waals surface area contributed by atoms with Crippen LogP contribution in [0.3, 0.4) is 0 Å². The minimum absolute atomic E-state index is 0.202. The number of carbonyl (C=O) groups excluding carboxylic acids is 1. The number of aryl methyl sites for hydroxylation is 1. The lowest BCUT2D eigenvalue weighted by Gasteiger charge is -2.26. The van der Waals surface area contributed by atoms with Crippen molar-refractivity contribution >= 4 is 5.91 Å². The first kappa shape index (κ1) is 15.4. The molecule has 23 heavy (non-hydrogen) atoms. The summed E-state index contributed by atoms with van der Waals surface area (Å²) in [5.74, 6) is 2.18. The summed E-state index contributed by atoms with van der Waals surface area (Å²) in [5, 5.41) is 2.92. The van der Waals surface area contributed by atoms with Crippen LogP contribution in [0.2, 0.25) is 0 Å². The van der Waals surface area contributed by atoms with Gasteiger partial charge in [0, 0.05) is 18.9 Å². The van der Waals surface area contributed by atoms with Crippen molar-refractivity contribution in [3.05, 3.63) is 41.6 Å². The molecule has 1 aliphatic heterocycles. The van der Waals surface area contributed by atoms with Crippen LogP contribution in [-0.2, 0) is 12.8 Å². The van der Waals surface area contributed by atoms with Gasteiger partial charge in [-0.2, -0.15) is 0 Å². The van der Waals surface area contributed by atoms with E-state index in [1.807, 2.05) is 25.1 Å². The summed E-state index contributed by atoms with van der Waals surface area (Å²) in [6.45, 7) is 3.01. The lowest BCUT2D eigenvalue weighted by atomic mass is 9.96. The third-order valence-electron chi connectivity index (χ3n) is 3.98. The van der Waals surface area contributed by atoms with Crippen LogP contribution in [0.5, 0.6) is 11.5 Å². The Balaban J connectivity index is 1.61. The summed E-state index contributed by atoms with van der Waals surface area (Å²) in [5.41, 5.74) is 1.47. The second kappa shape index (κ2) is 6.73. The Morgan fingerprint density at radius 3 is 3.13 bits per heavy atom. The number of ether oxygens (including phenoxy) is 2. The zero-order chi connectivity index (χ0) is 16.2. The fourth-order valence-corrected chi connectivity index (χ4v) is 2.78. The van der Waals surface area contributed by atoms with Crippen LogP contribution in [-0.4, -0.2) is 31.2 Å². The van der Waals surface area contributed by atoms with Crippen LogP contribution >= 0.6 is 0 Å². The van der Waals surface area contributed by atoms with Crippen LogP contribution < -0.4 is 14.8 Å². The Morgan fingerprint density at radius 1 is 1.48 bits per heavy atom. The second-order valence-corrected chi connectivity index (χ2v) is 5.52. The van der Waals surface area contributed by atoms with Gasteiger partial charge in [-0.3, -0.25) is 4.79 Å². The molecule has 2 aromatic rings. The summed E-state index contributed by atoms with van der Waals surface area (Å²) in [7, 11) is 1.63. The van der Waals surface area contributed by atoms with Gasteiger partial charge in [-0.15, -0.1) is 0 Å². The quantitative estimate of drug-likeness (QED) is 0.915. The van der Waals surface area contributed by atoms with E-state index in [4.69, 9.17) is 13.9 Å². The maximum Gasteiger partial charge on any atom is 0.273 e. The Bertz CT molecular complexity index is 696. The topological polar surface area (TPSA) is 73.6 Å². The molecule has 0 saturated carbocycles. The van der Waals surface area contributed by atoms with Gasteiger partial charge in [0.2, 0.25) is 0 Å². The third-order valence-corrected chi connectivity index (χ3v) is 3.98. The minimum Gasteiger partial charge on any atom is -0.493 e. The average Bonchev–Trinajstić information content (AvgIpc) is 3.07. The Morgan fingerprint density at radius 2 is 2.35 bits per heavy atom. The van der Waals surface area contributed by atoms with Gasteiger partial charge in [0.15, 0.2) is 23.6 Å². The van der Waals surface area contributed by atoms with Crippen molar-refractivity contribution in [2.24, 2.45) is 5.92 Å². The molecule has 1 atom stereocenters. The number of para-hydroxylation sites is 1. The van der Waals surface area contributed by atoms with Gasteiger partial charge in [0.25, 0.3) is 5.91 Å². The van der Waals surface area contributed by atoms with Crippen LogP contribution in [0.15, 0.2) is 29.0 Å². The zero-order valence-corrected chi connectivity index (χ0v) is 13.3. The average molecular weight is 316 g/mol. The highest BCUT2D eigenvalue weighted by Gasteiger charge is 2.24. The number of benzene rings is 1. The molecule has 6 heteroatoms. The highest BCUT2D eigenvalue weighted by Crippen LogP contribution is 2.35. The fourth-order valence-electron chi connectivity index (χ4n) is 2.78. The molecule has 1 amide bonds. The van der Waals surface area contributed by atoms with Gasteiger partial charge in [0.1, 0.15) is 5.76 Å². The van der Waals surface area contributed by atoms with E-state index in [1.54, 1.807) is 7.11 Å². The first-order valence-electron chi connectivity index (χ1n) is 7.72. The summed E-state index contributed by atoms with van der Waals surface area (Å²) >= 11 is 0. The van der Waals surface area contributed by atoms with Crippen molar-refractivity contribution in [2.45, 2.75) is 19.8 Å². The zero-order valence-electron chi connectivity index (χ0n) is 13.3. The maximum atomic E-state index is 12.2. The number of methoxy groups -OCH3 is 1. The largest absolute Gasteiger partial charge is 0.493 e. The number of nitrogens with zero attached hydrogens (tertiary/aromatic N) is 1. The molecule has 122 valence electrons. The van der Waals surface area contributed by atoms with Crippen molar-refractivity contribution in [3.63, 3.8) is 0 Å². The van der Waals surface area contributed by atoms with Crippen molar-refractivity contribution in [1.82, 2.24) is 10.3 Å². The monoisotopic (exact) mass is 316 g/mol. The van der Waals surface area contributed by atoms with Gasteiger partial charge in [-0.1, -0.05) is 19.1 Å². The van der Waals surface area contributed by atoms with Crippen LogP contribution in [0, 0.1) is 5.92 Å². The number of hydrogen-bond donors (Lipinski definition) is 1. The van der Waals surface area contributed by atoms with E-state index in [9.17, 15) is 4.79 Å². The van der Waals surface area contributed by atoms with Crippen molar-refractivity contribution in [2.75, 3.05) is 20.3 Å². The van der Waals surface area contributed by atoms with Gasteiger partial charge < -0.3 is 19.2 Å². The Kier molecular flexibility index (Phi) is 4.50. The molecule has 6 nitrogen and oxygen atoms in total. The molecule has 2 heterocycles. The number of nitrogens with one attached hydrogen (secondary N) is 1. The highest BCUT2D eigenvalue weighted by molar-refractivity contribution is 5.93. The predicted molar refractivity (Wildman–Crippen MR) is 83.9 cm³/mol. The van der Waals surface area contributed by atoms with E-state index in [-0.39, 0.29) is 11.8 Å².